The number of aliphatic hydroxyl groups is 1. The van der Waals surface area contributed by atoms with E-state index in [2.05, 4.69) is 5.10 Å². The molecule has 0 bridgehead atoms. The van der Waals surface area contributed by atoms with Crippen molar-refractivity contribution in [3.05, 3.63) is 17.5 Å². The standard InChI is InChI=1S/C15H23F3N2O/c1-3-20-13(7-10(2)19-20)9-14(21)11-5-4-6-12(8-11)15(16,17)18/h7,11-12,14,21H,3-6,8-9H2,1-2H3. The summed E-state index contributed by atoms with van der Waals surface area (Å²) in [6.45, 7) is 4.54. The lowest BCUT2D eigenvalue weighted by Crippen LogP contribution is -2.34. The van der Waals surface area contributed by atoms with Crippen LogP contribution in [-0.2, 0) is 13.0 Å². The molecule has 1 heterocycles. The highest BCUT2D eigenvalue weighted by Crippen LogP contribution is 2.41. The summed E-state index contributed by atoms with van der Waals surface area (Å²) in [5, 5.41) is 14.6. The van der Waals surface area contributed by atoms with Crippen molar-refractivity contribution in [1.82, 2.24) is 9.78 Å². The minimum atomic E-state index is -4.14. The van der Waals surface area contributed by atoms with E-state index >= 15 is 0 Å². The van der Waals surface area contributed by atoms with Gasteiger partial charge in [-0.25, -0.2) is 0 Å². The van der Waals surface area contributed by atoms with Gasteiger partial charge < -0.3 is 5.11 Å². The first-order chi connectivity index (χ1) is 9.81. The van der Waals surface area contributed by atoms with Crippen LogP contribution in [-0.4, -0.2) is 27.2 Å². The van der Waals surface area contributed by atoms with Gasteiger partial charge in [0.1, 0.15) is 0 Å². The average Bonchev–Trinajstić information content (AvgIpc) is 2.78. The van der Waals surface area contributed by atoms with Gasteiger partial charge in [-0.2, -0.15) is 18.3 Å². The summed E-state index contributed by atoms with van der Waals surface area (Å²) in [7, 11) is 0. The zero-order valence-corrected chi connectivity index (χ0v) is 12.5. The fraction of sp³-hybridized carbons (Fsp3) is 0.800. The van der Waals surface area contributed by atoms with Crippen LogP contribution in [0.5, 0.6) is 0 Å². The summed E-state index contributed by atoms with van der Waals surface area (Å²) in [6, 6.07) is 1.90. The van der Waals surface area contributed by atoms with Crippen molar-refractivity contribution in [2.24, 2.45) is 11.8 Å². The quantitative estimate of drug-likeness (QED) is 0.924. The summed E-state index contributed by atoms with van der Waals surface area (Å²) < 4.78 is 40.3. The Morgan fingerprint density at radius 3 is 2.76 bits per heavy atom. The summed E-state index contributed by atoms with van der Waals surface area (Å²) in [4.78, 5) is 0. The van der Waals surface area contributed by atoms with Gasteiger partial charge in [0, 0.05) is 18.7 Å². The second-order valence-corrected chi connectivity index (χ2v) is 6.03. The molecule has 2 rings (SSSR count). The van der Waals surface area contributed by atoms with Crippen LogP contribution >= 0.6 is 0 Å². The molecule has 3 nitrogen and oxygen atoms in total. The first-order valence-electron chi connectivity index (χ1n) is 7.59. The topological polar surface area (TPSA) is 38.0 Å². The Hall–Kier alpha value is -1.04. The van der Waals surface area contributed by atoms with Crippen LogP contribution < -0.4 is 0 Å². The molecule has 0 aromatic carbocycles. The SMILES string of the molecule is CCn1nc(C)cc1CC(O)C1CCCC(C(F)(F)F)C1. The maximum absolute atomic E-state index is 12.8. The fourth-order valence-corrected chi connectivity index (χ4v) is 3.29. The van der Waals surface area contributed by atoms with Crippen molar-refractivity contribution in [3.8, 4) is 0 Å². The lowest BCUT2D eigenvalue weighted by Gasteiger charge is -2.33. The van der Waals surface area contributed by atoms with Gasteiger partial charge in [-0.15, -0.1) is 0 Å². The number of alkyl halides is 3. The van der Waals surface area contributed by atoms with Gasteiger partial charge in [-0.05, 0) is 45.1 Å². The molecule has 1 aliphatic carbocycles. The van der Waals surface area contributed by atoms with Crippen LogP contribution in [0.1, 0.15) is 44.0 Å². The van der Waals surface area contributed by atoms with Crippen molar-refractivity contribution < 1.29 is 18.3 Å². The zero-order chi connectivity index (χ0) is 15.6. The number of hydrogen-bond donors (Lipinski definition) is 1. The third-order valence-corrected chi connectivity index (χ3v) is 4.43. The molecule has 0 aliphatic heterocycles. The van der Waals surface area contributed by atoms with E-state index in [1.165, 1.54) is 0 Å². The largest absolute Gasteiger partial charge is 0.392 e. The lowest BCUT2D eigenvalue weighted by molar-refractivity contribution is -0.188. The number of aryl methyl sites for hydroxylation is 2. The first-order valence-corrected chi connectivity index (χ1v) is 7.59. The molecule has 6 heteroatoms. The molecule has 1 N–H and O–H groups in total. The van der Waals surface area contributed by atoms with Crippen LogP contribution in [0.15, 0.2) is 6.07 Å². The summed E-state index contributed by atoms with van der Waals surface area (Å²) in [5.74, 6) is -1.53. The van der Waals surface area contributed by atoms with Gasteiger partial charge in [0.2, 0.25) is 0 Å². The third-order valence-electron chi connectivity index (χ3n) is 4.43. The number of hydrogen-bond acceptors (Lipinski definition) is 2. The van der Waals surface area contributed by atoms with Gasteiger partial charge in [0.15, 0.2) is 0 Å². The highest BCUT2D eigenvalue weighted by atomic mass is 19.4. The third kappa shape index (κ3) is 3.99. The van der Waals surface area contributed by atoms with Crippen LogP contribution in [0.2, 0.25) is 0 Å². The van der Waals surface area contributed by atoms with Crippen LogP contribution in [0.3, 0.4) is 0 Å². The fourth-order valence-electron chi connectivity index (χ4n) is 3.29. The Kier molecular flexibility index (Phi) is 4.96. The number of rotatable bonds is 4. The molecule has 21 heavy (non-hydrogen) atoms. The van der Waals surface area contributed by atoms with E-state index in [0.717, 1.165) is 11.4 Å². The number of aromatic nitrogens is 2. The van der Waals surface area contributed by atoms with E-state index in [1.807, 2.05) is 24.6 Å². The predicted molar refractivity (Wildman–Crippen MR) is 73.9 cm³/mol. The molecule has 3 unspecified atom stereocenters. The van der Waals surface area contributed by atoms with E-state index in [-0.39, 0.29) is 18.8 Å². The van der Waals surface area contributed by atoms with Crippen LogP contribution in [0, 0.1) is 18.8 Å². The average molecular weight is 304 g/mol. The maximum atomic E-state index is 12.8. The van der Waals surface area contributed by atoms with Gasteiger partial charge in [-0.1, -0.05) is 6.42 Å². The van der Waals surface area contributed by atoms with E-state index in [1.54, 1.807) is 0 Å². The maximum Gasteiger partial charge on any atom is 0.391 e. The minimum absolute atomic E-state index is 0.0455. The van der Waals surface area contributed by atoms with Gasteiger partial charge in [0.05, 0.1) is 17.7 Å². The summed E-state index contributed by atoms with van der Waals surface area (Å²) in [5.41, 5.74) is 1.77. The molecule has 1 fully saturated rings. The predicted octanol–water partition coefficient (Wildman–Crippen LogP) is 3.48. The van der Waals surface area contributed by atoms with E-state index in [0.29, 0.717) is 25.8 Å². The molecule has 1 aliphatic rings. The van der Waals surface area contributed by atoms with Gasteiger partial charge in [0.25, 0.3) is 0 Å². The molecular formula is C15H23F3N2O. The molecule has 0 amide bonds. The smallest absolute Gasteiger partial charge is 0.391 e. The minimum Gasteiger partial charge on any atom is -0.392 e. The highest BCUT2D eigenvalue weighted by molar-refractivity contribution is 5.10. The molecule has 0 saturated heterocycles. The molecule has 0 spiro atoms. The zero-order valence-electron chi connectivity index (χ0n) is 12.5. The Balaban J connectivity index is 2.01. The second-order valence-electron chi connectivity index (χ2n) is 6.03. The van der Waals surface area contributed by atoms with E-state index < -0.39 is 18.2 Å². The molecule has 0 radical (unpaired) electrons. The Morgan fingerprint density at radius 2 is 2.14 bits per heavy atom. The summed E-state index contributed by atoms with van der Waals surface area (Å²) >= 11 is 0. The van der Waals surface area contributed by atoms with E-state index in [9.17, 15) is 18.3 Å². The normalized spacial score (nSPS) is 25.0. The van der Waals surface area contributed by atoms with Crippen LogP contribution in [0.4, 0.5) is 13.2 Å². The van der Waals surface area contributed by atoms with Gasteiger partial charge in [-0.3, -0.25) is 4.68 Å². The van der Waals surface area contributed by atoms with Gasteiger partial charge >= 0.3 is 6.18 Å². The Morgan fingerprint density at radius 1 is 1.43 bits per heavy atom. The molecule has 120 valence electrons. The van der Waals surface area contributed by atoms with Crippen molar-refractivity contribution in [3.63, 3.8) is 0 Å². The Labute approximate surface area is 123 Å². The monoisotopic (exact) mass is 304 g/mol. The molecule has 3 atom stereocenters. The Bertz CT molecular complexity index is 470. The molecule has 1 aromatic heterocycles. The van der Waals surface area contributed by atoms with Crippen molar-refractivity contribution in [2.75, 3.05) is 0 Å². The van der Waals surface area contributed by atoms with Crippen molar-refractivity contribution >= 4 is 0 Å². The molecule has 1 saturated carbocycles. The van der Waals surface area contributed by atoms with E-state index in [4.69, 9.17) is 0 Å². The first kappa shape index (κ1) is 16.3. The molecular weight excluding hydrogens is 281 g/mol. The number of nitrogens with zero attached hydrogens (tertiary/aromatic N) is 2. The molecule has 1 aromatic rings. The summed E-state index contributed by atoms with van der Waals surface area (Å²) in [6.07, 6.45) is -3.03. The second kappa shape index (κ2) is 6.38. The highest BCUT2D eigenvalue weighted by Gasteiger charge is 2.43. The number of aliphatic hydroxyl groups excluding tert-OH is 1. The lowest BCUT2D eigenvalue weighted by atomic mass is 9.77. The van der Waals surface area contributed by atoms with Crippen molar-refractivity contribution in [2.45, 2.75) is 64.8 Å². The van der Waals surface area contributed by atoms with Crippen molar-refractivity contribution in [1.29, 1.82) is 0 Å². The van der Waals surface area contributed by atoms with Crippen LogP contribution in [0.25, 0.3) is 0 Å². The number of halogens is 3.